The van der Waals surface area contributed by atoms with Crippen molar-refractivity contribution in [3.63, 3.8) is 0 Å². The molecule has 15 heavy (non-hydrogen) atoms. The standard InChI is InChI=1S/C11H16N4/c1-7(2)9-13-10-8(5-6-12-10)11(14-9)15(3)4/h5-7H,1-4H3,(H,12,13,14). The lowest BCUT2D eigenvalue weighted by Gasteiger charge is -2.14. The molecule has 0 aliphatic carbocycles. The number of H-pyrrole nitrogens is 1. The number of nitrogens with zero attached hydrogens (tertiary/aromatic N) is 3. The summed E-state index contributed by atoms with van der Waals surface area (Å²) in [6.45, 7) is 4.20. The molecule has 0 aliphatic heterocycles. The van der Waals surface area contributed by atoms with E-state index in [1.165, 1.54) is 0 Å². The number of rotatable bonds is 2. The third-order valence-corrected chi connectivity index (χ3v) is 2.35. The fourth-order valence-corrected chi connectivity index (χ4v) is 1.54. The van der Waals surface area contributed by atoms with E-state index in [4.69, 9.17) is 0 Å². The highest BCUT2D eigenvalue weighted by Gasteiger charge is 2.11. The topological polar surface area (TPSA) is 44.8 Å². The van der Waals surface area contributed by atoms with Crippen LogP contribution in [0, 0.1) is 0 Å². The summed E-state index contributed by atoms with van der Waals surface area (Å²) >= 11 is 0. The minimum Gasteiger partial charge on any atom is -0.362 e. The number of hydrogen-bond acceptors (Lipinski definition) is 3. The van der Waals surface area contributed by atoms with Crippen LogP contribution in [0.5, 0.6) is 0 Å². The van der Waals surface area contributed by atoms with Crippen molar-refractivity contribution in [2.45, 2.75) is 19.8 Å². The summed E-state index contributed by atoms with van der Waals surface area (Å²) < 4.78 is 0. The summed E-state index contributed by atoms with van der Waals surface area (Å²) in [6.07, 6.45) is 1.90. The Morgan fingerprint density at radius 1 is 1.27 bits per heavy atom. The van der Waals surface area contributed by atoms with Gasteiger partial charge in [-0.2, -0.15) is 0 Å². The molecule has 0 aromatic carbocycles. The average Bonchev–Trinajstić information content (AvgIpc) is 2.62. The van der Waals surface area contributed by atoms with Gasteiger partial charge in [-0.3, -0.25) is 0 Å². The molecular formula is C11H16N4. The first-order valence-electron chi connectivity index (χ1n) is 5.12. The maximum absolute atomic E-state index is 4.57. The van der Waals surface area contributed by atoms with Crippen molar-refractivity contribution in [2.75, 3.05) is 19.0 Å². The van der Waals surface area contributed by atoms with Crippen LogP contribution in [0.15, 0.2) is 12.3 Å². The Hall–Kier alpha value is -1.58. The van der Waals surface area contributed by atoms with Crippen molar-refractivity contribution in [3.05, 3.63) is 18.1 Å². The SMILES string of the molecule is CC(C)c1nc(N(C)C)c2cc[nH]c2n1. The third kappa shape index (κ3) is 1.67. The molecule has 0 saturated carbocycles. The Balaban J connectivity index is 2.69. The molecule has 2 aromatic heterocycles. The molecule has 0 unspecified atom stereocenters. The molecule has 0 fully saturated rings. The van der Waals surface area contributed by atoms with Crippen molar-refractivity contribution in [1.29, 1.82) is 0 Å². The van der Waals surface area contributed by atoms with Crippen LogP contribution in [0.3, 0.4) is 0 Å². The lowest BCUT2D eigenvalue weighted by molar-refractivity contribution is 0.778. The maximum Gasteiger partial charge on any atom is 0.143 e. The van der Waals surface area contributed by atoms with Crippen LogP contribution < -0.4 is 4.90 Å². The second-order valence-corrected chi connectivity index (χ2v) is 4.19. The Bertz CT molecular complexity index is 470. The van der Waals surface area contributed by atoms with E-state index in [1.54, 1.807) is 0 Å². The van der Waals surface area contributed by atoms with Crippen molar-refractivity contribution in [1.82, 2.24) is 15.0 Å². The number of hydrogen-bond donors (Lipinski definition) is 1. The van der Waals surface area contributed by atoms with E-state index >= 15 is 0 Å². The predicted octanol–water partition coefficient (Wildman–Crippen LogP) is 2.15. The maximum atomic E-state index is 4.57. The summed E-state index contributed by atoms with van der Waals surface area (Å²) in [5.41, 5.74) is 0.914. The molecule has 4 nitrogen and oxygen atoms in total. The van der Waals surface area contributed by atoms with Gasteiger partial charge in [-0.15, -0.1) is 0 Å². The first-order valence-corrected chi connectivity index (χ1v) is 5.12. The van der Waals surface area contributed by atoms with Crippen LogP contribution in [0.1, 0.15) is 25.6 Å². The largest absolute Gasteiger partial charge is 0.362 e. The highest BCUT2D eigenvalue weighted by molar-refractivity contribution is 5.87. The van der Waals surface area contributed by atoms with Gasteiger partial charge in [0.25, 0.3) is 0 Å². The van der Waals surface area contributed by atoms with E-state index in [-0.39, 0.29) is 0 Å². The van der Waals surface area contributed by atoms with Crippen LogP contribution in [-0.2, 0) is 0 Å². The van der Waals surface area contributed by atoms with Crippen LogP contribution in [0.4, 0.5) is 5.82 Å². The molecule has 0 spiro atoms. The van der Waals surface area contributed by atoms with Crippen molar-refractivity contribution < 1.29 is 0 Å². The van der Waals surface area contributed by atoms with E-state index in [0.717, 1.165) is 22.7 Å². The van der Waals surface area contributed by atoms with Gasteiger partial charge in [0.2, 0.25) is 0 Å². The van der Waals surface area contributed by atoms with Gasteiger partial charge >= 0.3 is 0 Å². The van der Waals surface area contributed by atoms with Gasteiger partial charge < -0.3 is 9.88 Å². The summed E-state index contributed by atoms with van der Waals surface area (Å²) in [5, 5.41) is 1.07. The fourth-order valence-electron chi connectivity index (χ4n) is 1.54. The molecule has 0 aliphatic rings. The molecule has 2 rings (SSSR count). The number of aromatic nitrogens is 3. The Morgan fingerprint density at radius 2 is 2.00 bits per heavy atom. The van der Waals surface area contributed by atoms with Crippen molar-refractivity contribution in [3.8, 4) is 0 Å². The van der Waals surface area contributed by atoms with Crippen LogP contribution in [-0.4, -0.2) is 29.0 Å². The number of anilines is 1. The number of aromatic amines is 1. The van der Waals surface area contributed by atoms with E-state index in [1.807, 2.05) is 31.3 Å². The summed E-state index contributed by atoms with van der Waals surface area (Å²) in [5.74, 6) is 2.20. The minimum atomic E-state index is 0.344. The second-order valence-electron chi connectivity index (χ2n) is 4.19. The highest BCUT2D eigenvalue weighted by Crippen LogP contribution is 2.23. The van der Waals surface area contributed by atoms with Gasteiger partial charge in [0.15, 0.2) is 0 Å². The smallest absolute Gasteiger partial charge is 0.143 e. The number of nitrogens with one attached hydrogen (secondary N) is 1. The van der Waals surface area contributed by atoms with Gasteiger partial charge in [-0.05, 0) is 6.07 Å². The molecule has 0 saturated heterocycles. The number of fused-ring (bicyclic) bond motifs is 1. The summed E-state index contributed by atoms with van der Waals surface area (Å²) in [4.78, 5) is 14.2. The molecule has 0 amide bonds. The zero-order valence-corrected chi connectivity index (χ0v) is 9.57. The fraction of sp³-hybridized carbons (Fsp3) is 0.455. The second kappa shape index (κ2) is 3.53. The lowest BCUT2D eigenvalue weighted by Crippen LogP contribution is -2.13. The Morgan fingerprint density at radius 3 is 2.60 bits per heavy atom. The van der Waals surface area contributed by atoms with Gasteiger partial charge in [-0.1, -0.05) is 13.8 Å². The van der Waals surface area contributed by atoms with Crippen LogP contribution >= 0.6 is 0 Å². The predicted molar refractivity (Wildman–Crippen MR) is 62.3 cm³/mol. The average molecular weight is 204 g/mol. The molecule has 0 radical (unpaired) electrons. The van der Waals surface area contributed by atoms with Gasteiger partial charge in [0.05, 0.1) is 5.39 Å². The molecule has 2 heterocycles. The van der Waals surface area contributed by atoms with Gasteiger partial charge in [-0.25, -0.2) is 9.97 Å². The summed E-state index contributed by atoms with van der Waals surface area (Å²) in [6, 6.07) is 2.01. The molecule has 1 N–H and O–H groups in total. The first kappa shape index (κ1) is 9.96. The van der Waals surface area contributed by atoms with E-state index < -0.39 is 0 Å². The zero-order valence-electron chi connectivity index (χ0n) is 9.57. The van der Waals surface area contributed by atoms with Gasteiger partial charge in [0, 0.05) is 26.2 Å². The molecule has 4 heteroatoms. The van der Waals surface area contributed by atoms with Crippen LogP contribution in [0.25, 0.3) is 11.0 Å². The van der Waals surface area contributed by atoms with E-state index in [2.05, 4.69) is 28.8 Å². The zero-order chi connectivity index (χ0) is 11.0. The van der Waals surface area contributed by atoms with E-state index in [0.29, 0.717) is 5.92 Å². The molecule has 2 aromatic rings. The quantitative estimate of drug-likeness (QED) is 0.815. The molecule has 80 valence electrons. The Kier molecular flexibility index (Phi) is 2.34. The molecular weight excluding hydrogens is 188 g/mol. The highest BCUT2D eigenvalue weighted by atomic mass is 15.2. The van der Waals surface area contributed by atoms with Crippen molar-refractivity contribution >= 4 is 16.9 Å². The van der Waals surface area contributed by atoms with Gasteiger partial charge in [0.1, 0.15) is 17.3 Å². The minimum absolute atomic E-state index is 0.344. The van der Waals surface area contributed by atoms with Crippen molar-refractivity contribution in [2.24, 2.45) is 0 Å². The monoisotopic (exact) mass is 204 g/mol. The third-order valence-electron chi connectivity index (χ3n) is 2.35. The summed E-state index contributed by atoms with van der Waals surface area (Å²) in [7, 11) is 4.00. The Labute approximate surface area is 89.3 Å². The van der Waals surface area contributed by atoms with Crippen LogP contribution in [0.2, 0.25) is 0 Å². The normalized spacial score (nSPS) is 11.3. The van der Waals surface area contributed by atoms with E-state index in [9.17, 15) is 0 Å². The molecule has 0 bridgehead atoms. The molecule has 0 atom stereocenters. The lowest BCUT2D eigenvalue weighted by atomic mass is 10.2. The first-order chi connectivity index (χ1) is 7.09.